The maximum atomic E-state index is 12.7. The summed E-state index contributed by atoms with van der Waals surface area (Å²) in [6, 6.07) is 17.4. The second kappa shape index (κ2) is 10.9. The van der Waals surface area contributed by atoms with Gasteiger partial charge in [0.25, 0.3) is 0 Å². The van der Waals surface area contributed by atoms with Gasteiger partial charge in [0.2, 0.25) is 6.10 Å². The Morgan fingerprint density at radius 3 is 2.39 bits per heavy atom. The third-order valence-electron chi connectivity index (χ3n) is 4.55. The largest absolute Gasteiger partial charge is 0.457 e. The zero-order chi connectivity index (χ0) is 23.0. The Morgan fingerprint density at radius 1 is 1.16 bits per heavy atom. The van der Waals surface area contributed by atoms with Crippen LogP contribution in [0.15, 0.2) is 65.7 Å². The fourth-order valence-electron chi connectivity index (χ4n) is 2.93. The number of esters is 1. The van der Waals surface area contributed by atoms with Gasteiger partial charge in [-0.25, -0.2) is 0 Å². The van der Waals surface area contributed by atoms with Crippen molar-refractivity contribution in [2.45, 2.75) is 32.5 Å². The van der Waals surface area contributed by atoms with E-state index in [2.05, 4.69) is 0 Å². The third-order valence-corrected chi connectivity index (χ3v) is 4.89. The lowest BCUT2D eigenvalue weighted by Gasteiger charge is -2.21. The normalized spacial score (nSPS) is 14.8. The van der Waals surface area contributed by atoms with Crippen LogP contribution in [0.3, 0.4) is 0 Å². The number of rotatable bonds is 8. The summed E-state index contributed by atoms with van der Waals surface area (Å²) in [5.41, 5.74) is 0.385. The Kier molecular flexibility index (Phi) is 8.52. The maximum Gasteiger partial charge on any atom is 0.426 e. The molecule has 164 valence electrons. The number of para-hydroxylation sites is 1. The topological polar surface area (TPSA) is 59.3 Å². The van der Waals surface area contributed by atoms with Crippen LogP contribution in [0.1, 0.15) is 31.9 Å². The monoisotopic (exact) mass is 451 g/mol. The molecular formula is C23H21ClF3NO3. The van der Waals surface area contributed by atoms with Crippen LogP contribution in [-0.4, -0.2) is 12.1 Å². The zero-order valence-corrected chi connectivity index (χ0v) is 17.7. The molecule has 0 radical (unpaired) electrons. The van der Waals surface area contributed by atoms with Gasteiger partial charge in [0.05, 0.1) is 5.92 Å². The van der Waals surface area contributed by atoms with Crippen LogP contribution in [0.2, 0.25) is 0 Å². The number of benzene rings is 2. The van der Waals surface area contributed by atoms with Crippen LogP contribution in [0.4, 0.5) is 13.2 Å². The highest BCUT2D eigenvalue weighted by atomic mass is 35.5. The van der Waals surface area contributed by atoms with Crippen LogP contribution in [0.25, 0.3) is 0 Å². The van der Waals surface area contributed by atoms with E-state index in [1.807, 2.05) is 24.3 Å². The second-order valence-electron chi connectivity index (χ2n) is 6.82. The minimum absolute atomic E-state index is 0.216. The molecule has 0 heterocycles. The SMILES string of the molecule is CC[C@H](C(=O)O[C@H](C#N)c1cccc(Oc2ccccc2)c1)[C@@H](C)/C=C(\Cl)C(F)(F)F. The van der Waals surface area contributed by atoms with E-state index < -0.39 is 35.1 Å². The minimum atomic E-state index is -4.69. The average Bonchev–Trinajstić information content (AvgIpc) is 2.72. The maximum absolute atomic E-state index is 12.7. The first-order valence-corrected chi connectivity index (χ1v) is 9.91. The molecule has 0 saturated carbocycles. The van der Waals surface area contributed by atoms with E-state index in [1.54, 1.807) is 43.3 Å². The molecule has 0 bridgehead atoms. The summed E-state index contributed by atoms with van der Waals surface area (Å²) in [6.07, 6.45) is -4.93. The molecule has 8 heteroatoms. The summed E-state index contributed by atoms with van der Waals surface area (Å²) in [5.74, 6) is -1.47. The minimum Gasteiger partial charge on any atom is -0.457 e. The van der Waals surface area contributed by atoms with E-state index in [0.717, 1.165) is 6.08 Å². The van der Waals surface area contributed by atoms with Crippen LogP contribution < -0.4 is 4.74 Å². The fraction of sp³-hybridized carbons (Fsp3) is 0.304. The van der Waals surface area contributed by atoms with Gasteiger partial charge in [0.15, 0.2) is 0 Å². The second-order valence-corrected chi connectivity index (χ2v) is 7.23. The molecule has 2 rings (SSSR count). The number of nitrogens with zero attached hydrogens (tertiary/aromatic N) is 1. The van der Waals surface area contributed by atoms with Gasteiger partial charge < -0.3 is 9.47 Å². The summed E-state index contributed by atoms with van der Waals surface area (Å²) in [6.45, 7) is 3.09. The molecule has 0 aliphatic carbocycles. The first kappa shape index (κ1) is 24.3. The Morgan fingerprint density at radius 2 is 1.81 bits per heavy atom. The van der Waals surface area contributed by atoms with E-state index >= 15 is 0 Å². The summed E-state index contributed by atoms with van der Waals surface area (Å²) in [7, 11) is 0. The van der Waals surface area contributed by atoms with Gasteiger partial charge in [-0.2, -0.15) is 18.4 Å². The predicted octanol–water partition coefficient (Wildman–Crippen LogP) is 6.93. The van der Waals surface area contributed by atoms with Crippen molar-refractivity contribution in [1.29, 1.82) is 5.26 Å². The number of carbonyl (C=O) groups excluding carboxylic acids is 1. The molecule has 0 aliphatic rings. The van der Waals surface area contributed by atoms with Crippen LogP contribution in [0.5, 0.6) is 11.5 Å². The van der Waals surface area contributed by atoms with E-state index in [1.165, 1.54) is 6.92 Å². The zero-order valence-electron chi connectivity index (χ0n) is 16.9. The van der Waals surface area contributed by atoms with Gasteiger partial charge in [-0.05, 0) is 36.6 Å². The van der Waals surface area contributed by atoms with Crippen LogP contribution in [0, 0.1) is 23.2 Å². The Labute approximate surface area is 183 Å². The molecule has 0 unspecified atom stereocenters. The Hall–Kier alpha value is -2.98. The summed E-state index contributed by atoms with van der Waals surface area (Å²) in [5, 5.41) is 8.21. The summed E-state index contributed by atoms with van der Waals surface area (Å²) < 4.78 is 49.1. The molecular weight excluding hydrogens is 431 g/mol. The van der Waals surface area contributed by atoms with Crippen molar-refractivity contribution in [3.63, 3.8) is 0 Å². The van der Waals surface area contributed by atoms with Crippen molar-refractivity contribution in [2.24, 2.45) is 11.8 Å². The predicted molar refractivity (Wildman–Crippen MR) is 110 cm³/mol. The Bertz CT molecular complexity index is 955. The van der Waals surface area contributed by atoms with Crippen molar-refractivity contribution in [3.8, 4) is 17.6 Å². The molecule has 31 heavy (non-hydrogen) atoms. The lowest BCUT2D eigenvalue weighted by atomic mass is 9.91. The quantitative estimate of drug-likeness (QED) is 0.408. The highest BCUT2D eigenvalue weighted by Crippen LogP contribution is 2.33. The van der Waals surface area contributed by atoms with Crippen molar-refractivity contribution < 1.29 is 27.4 Å². The lowest BCUT2D eigenvalue weighted by Crippen LogP contribution is -2.25. The molecule has 2 aromatic carbocycles. The smallest absolute Gasteiger partial charge is 0.426 e. The highest BCUT2D eigenvalue weighted by molar-refractivity contribution is 6.30. The number of nitriles is 1. The first-order valence-electron chi connectivity index (χ1n) is 9.53. The Balaban J connectivity index is 2.15. The van der Waals surface area contributed by atoms with E-state index in [9.17, 15) is 23.2 Å². The number of alkyl halides is 3. The number of hydrogen-bond donors (Lipinski definition) is 0. The molecule has 4 nitrogen and oxygen atoms in total. The van der Waals surface area contributed by atoms with Crippen molar-refractivity contribution in [2.75, 3.05) is 0 Å². The molecule has 0 aliphatic heterocycles. The van der Waals surface area contributed by atoms with Gasteiger partial charge in [-0.15, -0.1) is 0 Å². The first-order chi connectivity index (χ1) is 14.7. The van der Waals surface area contributed by atoms with Crippen molar-refractivity contribution in [3.05, 3.63) is 71.3 Å². The summed E-state index contributed by atoms with van der Waals surface area (Å²) in [4.78, 5) is 12.6. The lowest BCUT2D eigenvalue weighted by molar-refractivity contribution is -0.153. The molecule has 0 spiro atoms. The fourth-order valence-corrected chi connectivity index (χ4v) is 3.13. The van der Waals surface area contributed by atoms with Gasteiger partial charge in [-0.1, -0.05) is 61.9 Å². The molecule has 0 amide bonds. The molecule has 0 N–H and O–H groups in total. The van der Waals surface area contributed by atoms with E-state index in [4.69, 9.17) is 21.1 Å². The summed E-state index contributed by atoms with van der Waals surface area (Å²) >= 11 is 5.29. The number of hydrogen-bond acceptors (Lipinski definition) is 4. The number of allylic oxidation sites excluding steroid dienone is 2. The van der Waals surface area contributed by atoms with Gasteiger partial charge in [0, 0.05) is 5.56 Å². The highest BCUT2D eigenvalue weighted by Gasteiger charge is 2.35. The van der Waals surface area contributed by atoms with Gasteiger partial charge >= 0.3 is 12.1 Å². The molecule has 0 fully saturated rings. The van der Waals surface area contributed by atoms with Crippen LogP contribution in [-0.2, 0) is 9.53 Å². The number of halogens is 4. The van der Waals surface area contributed by atoms with Gasteiger partial charge in [-0.3, -0.25) is 4.79 Å². The van der Waals surface area contributed by atoms with E-state index in [-0.39, 0.29) is 6.42 Å². The van der Waals surface area contributed by atoms with E-state index in [0.29, 0.717) is 17.1 Å². The van der Waals surface area contributed by atoms with Gasteiger partial charge in [0.1, 0.15) is 22.6 Å². The van der Waals surface area contributed by atoms with Crippen molar-refractivity contribution in [1.82, 2.24) is 0 Å². The number of carbonyl (C=O) groups is 1. The number of ether oxygens (including phenoxy) is 2. The standard InChI is InChI=1S/C23H21ClF3NO3/c1-3-19(15(2)12-21(24)23(25,26)27)22(29)31-20(14-28)16-8-7-11-18(13-16)30-17-9-5-4-6-10-17/h4-13,15,19-20H,3H2,1-2H3/b21-12-/t15-,19-,20+/m0/s1. The third kappa shape index (κ3) is 7.04. The molecule has 2 aromatic rings. The molecule has 3 atom stereocenters. The average molecular weight is 452 g/mol. The van der Waals surface area contributed by atoms with Crippen molar-refractivity contribution >= 4 is 17.6 Å². The molecule has 0 aromatic heterocycles. The van der Waals surface area contributed by atoms with Crippen LogP contribution >= 0.6 is 11.6 Å². The molecule has 0 saturated heterocycles.